The summed E-state index contributed by atoms with van der Waals surface area (Å²) in [6, 6.07) is 6.73. The summed E-state index contributed by atoms with van der Waals surface area (Å²) in [5.41, 5.74) is 1.35. The monoisotopic (exact) mass is 275 g/mol. The topological polar surface area (TPSA) is 91.2 Å². The summed E-state index contributed by atoms with van der Waals surface area (Å²) in [6.45, 7) is 2.34. The highest BCUT2D eigenvalue weighted by Gasteiger charge is 2.08. The molecule has 0 unspecified atom stereocenters. The lowest BCUT2D eigenvalue weighted by Gasteiger charge is -2.10. The molecule has 0 atom stereocenters. The van der Waals surface area contributed by atoms with Crippen LogP contribution in [0.1, 0.15) is 22.8 Å². The number of hydrogen-bond acceptors (Lipinski definition) is 5. The molecule has 0 saturated heterocycles. The fraction of sp³-hybridized carbons (Fsp3) is 0.357. The first kappa shape index (κ1) is 15.7. The van der Waals surface area contributed by atoms with Gasteiger partial charge in [-0.1, -0.05) is 0 Å². The Kier molecular flexibility index (Phi) is 6.20. The number of anilines is 1. The van der Waals surface area contributed by atoms with Crippen molar-refractivity contribution in [2.45, 2.75) is 6.92 Å². The summed E-state index contributed by atoms with van der Waals surface area (Å²) in [6.07, 6.45) is 0. The van der Waals surface area contributed by atoms with Gasteiger partial charge in [0.15, 0.2) is 5.78 Å². The van der Waals surface area contributed by atoms with Gasteiger partial charge in [0.2, 0.25) is 5.91 Å². The van der Waals surface area contributed by atoms with Crippen molar-refractivity contribution >= 4 is 17.4 Å². The van der Waals surface area contributed by atoms with Crippen LogP contribution < -0.4 is 10.6 Å². The van der Waals surface area contributed by atoms with Gasteiger partial charge in [-0.2, -0.15) is 5.26 Å². The number of hydrogen-bond donors (Lipinski definition) is 2. The van der Waals surface area contributed by atoms with Crippen molar-refractivity contribution in [1.82, 2.24) is 5.32 Å². The van der Waals surface area contributed by atoms with E-state index in [1.165, 1.54) is 6.92 Å². The molecule has 0 fully saturated rings. The molecule has 20 heavy (non-hydrogen) atoms. The molecule has 0 aromatic heterocycles. The molecule has 0 radical (unpaired) electrons. The van der Waals surface area contributed by atoms with Crippen LogP contribution in [0.25, 0.3) is 0 Å². The number of nitrogens with one attached hydrogen (secondary N) is 2. The number of carbonyl (C=O) groups excluding carboxylic acids is 2. The number of Topliss-reactive ketones (excluding diaryl/α,β-unsaturated/α-hetero) is 1. The summed E-state index contributed by atoms with van der Waals surface area (Å²) in [4.78, 5) is 22.8. The molecule has 0 aliphatic heterocycles. The molecular weight excluding hydrogens is 258 g/mol. The maximum Gasteiger partial charge on any atom is 0.239 e. The quantitative estimate of drug-likeness (QED) is 0.570. The van der Waals surface area contributed by atoms with E-state index < -0.39 is 0 Å². The van der Waals surface area contributed by atoms with Crippen LogP contribution in [0.4, 0.5) is 5.69 Å². The van der Waals surface area contributed by atoms with Crippen LogP contribution in [-0.4, -0.2) is 38.5 Å². The zero-order valence-electron chi connectivity index (χ0n) is 11.5. The van der Waals surface area contributed by atoms with Crippen LogP contribution in [-0.2, 0) is 9.53 Å². The number of nitrogens with zero attached hydrogens (tertiary/aromatic N) is 1. The van der Waals surface area contributed by atoms with Crippen LogP contribution in [0.3, 0.4) is 0 Å². The Morgan fingerprint density at radius 1 is 1.40 bits per heavy atom. The van der Waals surface area contributed by atoms with Crippen LogP contribution in [0.5, 0.6) is 0 Å². The molecule has 2 N–H and O–H groups in total. The highest BCUT2D eigenvalue weighted by atomic mass is 16.5. The predicted molar refractivity (Wildman–Crippen MR) is 74.5 cm³/mol. The number of amides is 1. The molecule has 0 spiro atoms. The van der Waals surface area contributed by atoms with Gasteiger partial charge >= 0.3 is 0 Å². The molecule has 0 aliphatic carbocycles. The minimum atomic E-state index is -0.209. The van der Waals surface area contributed by atoms with Crippen molar-refractivity contribution in [2.24, 2.45) is 0 Å². The van der Waals surface area contributed by atoms with Gasteiger partial charge in [-0.15, -0.1) is 0 Å². The molecule has 106 valence electrons. The predicted octanol–water partition coefficient (Wildman–Crippen LogP) is 0.935. The smallest absolute Gasteiger partial charge is 0.239 e. The molecular formula is C14H17N3O3. The molecule has 0 bridgehead atoms. The van der Waals surface area contributed by atoms with E-state index in [2.05, 4.69) is 10.6 Å². The summed E-state index contributed by atoms with van der Waals surface area (Å²) in [7, 11) is 1.55. The molecule has 0 saturated carbocycles. The number of nitriles is 1. The third kappa shape index (κ3) is 4.71. The summed E-state index contributed by atoms with van der Waals surface area (Å²) in [5.74, 6) is -0.304. The molecule has 0 aliphatic rings. The third-order valence-corrected chi connectivity index (χ3v) is 2.61. The molecule has 1 aromatic rings. The van der Waals surface area contributed by atoms with Gasteiger partial charge in [-0.25, -0.2) is 0 Å². The first-order valence-corrected chi connectivity index (χ1v) is 6.13. The Bertz CT molecular complexity index is 535. The first-order chi connectivity index (χ1) is 9.58. The summed E-state index contributed by atoms with van der Waals surface area (Å²) in [5, 5.41) is 14.5. The fourth-order valence-electron chi connectivity index (χ4n) is 1.54. The number of ether oxygens (including phenoxy) is 1. The zero-order chi connectivity index (χ0) is 15.0. The number of carbonyl (C=O) groups is 2. The van der Waals surface area contributed by atoms with Crippen LogP contribution in [0.15, 0.2) is 18.2 Å². The Hall–Kier alpha value is -2.39. The number of benzene rings is 1. The van der Waals surface area contributed by atoms with E-state index in [9.17, 15) is 9.59 Å². The van der Waals surface area contributed by atoms with Crippen LogP contribution in [0.2, 0.25) is 0 Å². The lowest BCUT2D eigenvalue weighted by Crippen LogP contribution is -2.32. The third-order valence-electron chi connectivity index (χ3n) is 2.61. The van der Waals surface area contributed by atoms with E-state index in [-0.39, 0.29) is 18.2 Å². The Morgan fingerprint density at radius 3 is 2.75 bits per heavy atom. The van der Waals surface area contributed by atoms with E-state index >= 15 is 0 Å². The fourth-order valence-corrected chi connectivity index (χ4v) is 1.54. The van der Waals surface area contributed by atoms with E-state index in [1.807, 2.05) is 6.07 Å². The molecule has 6 heteroatoms. The molecule has 1 aromatic carbocycles. The van der Waals surface area contributed by atoms with E-state index in [0.717, 1.165) is 0 Å². The maximum atomic E-state index is 11.5. The van der Waals surface area contributed by atoms with Gasteiger partial charge < -0.3 is 15.4 Å². The normalized spacial score (nSPS) is 9.65. The Balaban J connectivity index is 2.66. The second-order valence-corrected chi connectivity index (χ2v) is 4.12. The van der Waals surface area contributed by atoms with Gasteiger partial charge in [0.25, 0.3) is 0 Å². The first-order valence-electron chi connectivity index (χ1n) is 6.13. The highest BCUT2D eigenvalue weighted by molar-refractivity contribution is 5.95. The number of rotatable bonds is 7. The second-order valence-electron chi connectivity index (χ2n) is 4.12. The van der Waals surface area contributed by atoms with Gasteiger partial charge in [-0.3, -0.25) is 9.59 Å². The van der Waals surface area contributed by atoms with Crippen molar-refractivity contribution in [3.63, 3.8) is 0 Å². The average molecular weight is 275 g/mol. The second kappa shape index (κ2) is 7.92. The summed E-state index contributed by atoms with van der Waals surface area (Å²) < 4.78 is 4.82. The van der Waals surface area contributed by atoms with Crippen LogP contribution in [0, 0.1) is 11.3 Å². The minimum absolute atomic E-state index is 0.0275. The number of methoxy groups -OCH3 is 1. The highest BCUT2D eigenvalue weighted by Crippen LogP contribution is 2.17. The largest absolute Gasteiger partial charge is 0.383 e. The Labute approximate surface area is 117 Å². The van der Waals surface area contributed by atoms with Crippen molar-refractivity contribution in [3.05, 3.63) is 29.3 Å². The molecule has 6 nitrogen and oxygen atoms in total. The zero-order valence-corrected chi connectivity index (χ0v) is 11.5. The van der Waals surface area contributed by atoms with E-state index in [1.54, 1.807) is 25.3 Å². The van der Waals surface area contributed by atoms with Gasteiger partial charge in [0.1, 0.15) is 6.07 Å². The Morgan fingerprint density at radius 2 is 2.15 bits per heavy atom. The van der Waals surface area contributed by atoms with Crippen LogP contribution >= 0.6 is 0 Å². The number of ketones is 1. The van der Waals surface area contributed by atoms with E-state index in [4.69, 9.17) is 10.00 Å². The summed E-state index contributed by atoms with van der Waals surface area (Å²) >= 11 is 0. The molecule has 1 rings (SSSR count). The maximum absolute atomic E-state index is 11.5. The molecule has 1 amide bonds. The van der Waals surface area contributed by atoms with Gasteiger partial charge in [0, 0.05) is 19.2 Å². The molecule has 0 heterocycles. The van der Waals surface area contributed by atoms with E-state index in [0.29, 0.717) is 30.0 Å². The SMILES string of the molecule is COCCNC(=O)CNc1cc(C(C)=O)ccc1C#N. The van der Waals surface area contributed by atoms with Crippen molar-refractivity contribution in [1.29, 1.82) is 5.26 Å². The van der Waals surface area contributed by atoms with Crippen molar-refractivity contribution in [2.75, 3.05) is 32.1 Å². The van der Waals surface area contributed by atoms with Gasteiger partial charge in [0.05, 0.1) is 24.4 Å². The average Bonchev–Trinajstić information content (AvgIpc) is 2.45. The van der Waals surface area contributed by atoms with Gasteiger partial charge in [-0.05, 0) is 25.1 Å². The standard InChI is InChI=1S/C14H17N3O3/c1-10(18)11-3-4-12(8-15)13(7-11)17-9-14(19)16-5-6-20-2/h3-4,7,17H,5-6,9H2,1-2H3,(H,16,19). The minimum Gasteiger partial charge on any atom is -0.383 e. The lowest BCUT2D eigenvalue weighted by molar-refractivity contribution is -0.119. The van der Waals surface area contributed by atoms with Crippen molar-refractivity contribution < 1.29 is 14.3 Å². The van der Waals surface area contributed by atoms with Crippen molar-refractivity contribution in [3.8, 4) is 6.07 Å². The lowest BCUT2D eigenvalue weighted by atomic mass is 10.1.